The standard InChI is InChI=1S/C12H27NO2/c1-6-15-9-12(14)8-13(11(4)5)7-10(2)3/h10-12,14H,6-9H2,1-5H3. The van der Waals surface area contributed by atoms with Gasteiger partial charge < -0.3 is 9.84 Å². The maximum atomic E-state index is 9.75. The Morgan fingerprint density at radius 3 is 2.13 bits per heavy atom. The first-order valence-corrected chi connectivity index (χ1v) is 5.97. The van der Waals surface area contributed by atoms with Crippen molar-refractivity contribution in [2.75, 3.05) is 26.3 Å². The minimum absolute atomic E-state index is 0.369. The first-order chi connectivity index (χ1) is 6.97. The van der Waals surface area contributed by atoms with Crippen LogP contribution in [0.3, 0.4) is 0 Å². The number of ether oxygens (including phenoxy) is 1. The Morgan fingerprint density at radius 2 is 1.73 bits per heavy atom. The minimum Gasteiger partial charge on any atom is -0.389 e. The fourth-order valence-electron chi connectivity index (χ4n) is 1.54. The Kier molecular flexibility index (Phi) is 8.02. The molecule has 1 N–H and O–H groups in total. The topological polar surface area (TPSA) is 32.7 Å². The summed E-state index contributed by atoms with van der Waals surface area (Å²) in [5, 5.41) is 9.75. The molecule has 3 nitrogen and oxygen atoms in total. The van der Waals surface area contributed by atoms with Gasteiger partial charge in [0.1, 0.15) is 0 Å². The van der Waals surface area contributed by atoms with Crippen molar-refractivity contribution >= 4 is 0 Å². The van der Waals surface area contributed by atoms with Crippen molar-refractivity contribution in [3.8, 4) is 0 Å². The summed E-state index contributed by atoms with van der Waals surface area (Å²) in [6.07, 6.45) is -0.369. The molecule has 0 radical (unpaired) electrons. The molecule has 0 aromatic rings. The lowest BCUT2D eigenvalue weighted by molar-refractivity contribution is 0.0128. The van der Waals surface area contributed by atoms with E-state index < -0.39 is 0 Å². The molecule has 0 aliphatic carbocycles. The molecule has 0 spiro atoms. The normalized spacial score (nSPS) is 14.2. The number of hydrogen-bond acceptors (Lipinski definition) is 3. The van der Waals surface area contributed by atoms with Crippen molar-refractivity contribution in [1.29, 1.82) is 0 Å². The summed E-state index contributed by atoms with van der Waals surface area (Å²) in [7, 11) is 0. The molecule has 0 aromatic heterocycles. The van der Waals surface area contributed by atoms with Gasteiger partial charge >= 0.3 is 0 Å². The van der Waals surface area contributed by atoms with Gasteiger partial charge in [0.05, 0.1) is 12.7 Å². The zero-order valence-corrected chi connectivity index (χ0v) is 10.9. The lowest BCUT2D eigenvalue weighted by Gasteiger charge is -2.30. The van der Waals surface area contributed by atoms with Crippen molar-refractivity contribution in [3.05, 3.63) is 0 Å². The van der Waals surface area contributed by atoms with Crippen LogP contribution in [0.25, 0.3) is 0 Å². The highest BCUT2D eigenvalue weighted by Crippen LogP contribution is 2.05. The van der Waals surface area contributed by atoms with Crippen LogP contribution in [-0.4, -0.2) is 48.5 Å². The molecule has 0 fully saturated rings. The molecular formula is C12H27NO2. The molecule has 0 bridgehead atoms. The Balaban J connectivity index is 3.93. The maximum Gasteiger partial charge on any atom is 0.0900 e. The van der Waals surface area contributed by atoms with Crippen LogP contribution in [0.15, 0.2) is 0 Å². The Morgan fingerprint density at radius 1 is 1.13 bits per heavy atom. The lowest BCUT2D eigenvalue weighted by Crippen LogP contribution is -2.41. The summed E-state index contributed by atoms with van der Waals surface area (Å²) < 4.78 is 5.20. The predicted molar refractivity (Wildman–Crippen MR) is 64.0 cm³/mol. The van der Waals surface area contributed by atoms with Crippen LogP contribution in [0.1, 0.15) is 34.6 Å². The van der Waals surface area contributed by atoms with Crippen molar-refractivity contribution in [1.82, 2.24) is 4.90 Å². The molecule has 0 aromatic carbocycles. The Labute approximate surface area is 94.4 Å². The van der Waals surface area contributed by atoms with E-state index in [-0.39, 0.29) is 6.10 Å². The third-order valence-corrected chi connectivity index (χ3v) is 2.29. The molecule has 1 atom stereocenters. The lowest BCUT2D eigenvalue weighted by atomic mass is 10.1. The van der Waals surface area contributed by atoms with Crippen molar-refractivity contribution in [3.63, 3.8) is 0 Å². The summed E-state index contributed by atoms with van der Waals surface area (Å²) in [6.45, 7) is 13.5. The zero-order valence-electron chi connectivity index (χ0n) is 10.9. The molecule has 0 heterocycles. The average Bonchev–Trinajstić information content (AvgIpc) is 2.12. The monoisotopic (exact) mass is 217 g/mol. The second-order valence-electron chi connectivity index (χ2n) is 4.75. The quantitative estimate of drug-likeness (QED) is 0.672. The molecule has 0 aliphatic heterocycles. The molecular weight excluding hydrogens is 190 g/mol. The van der Waals surface area contributed by atoms with Gasteiger partial charge in [-0.2, -0.15) is 0 Å². The van der Waals surface area contributed by atoms with Crippen molar-refractivity contribution < 1.29 is 9.84 Å². The molecule has 0 aliphatic rings. The number of aliphatic hydroxyl groups excluding tert-OH is 1. The highest BCUT2D eigenvalue weighted by Gasteiger charge is 2.15. The molecule has 15 heavy (non-hydrogen) atoms. The van der Waals surface area contributed by atoms with Crippen LogP contribution >= 0.6 is 0 Å². The molecule has 0 amide bonds. The van der Waals surface area contributed by atoms with Crippen molar-refractivity contribution in [2.24, 2.45) is 5.92 Å². The molecule has 0 rings (SSSR count). The summed E-state index contributed by atoms with van der Waals surface area (Å²) in [5.74, 6) is 0.631. The van der Waals surface area contributed by atoms with E-state index in [0.717, 1.165) is 6.54 Å². The fourth-order valence-corrected chi connectivity index (χ4v) is 1.54. The van der Waals surface area contributed by atoms with E-state index in [0.29, 0.717) is 31.7 Å². The van der Waals surface area contributed by atoms with Crippen LogP contribution in [-0.2, 0) is 4.74 Å². The highest BCUT2D eigenvalue weighted by atomic mass is 16.5. The first kappa shape index (κ1) is 14.9. The van der Waals surface area contributed by atoms with Gasteiger partial charge in [-0.25, -0.2) is 0 Å². The minimum atomic E-state index is -0.369. The van der Waals surface area contributed by atoms with E-state index in [1.54, 1.807) is 0 Å². The molecule has 1 unspecified atom stereocenters. The number of hydrogen-bond donors (Lipinski definition) is 1. The van der Waals surface area contributed by atoms with Gasteiger partial charge in [0, 0.05) is 25.7 Å². The largest absolute Gasteiger partial charge is 0.389 e. The summed E-state index contributed by atoms with van der Waals surface area (Å²) >= 11 is 0. The van der Waals surface area contributed by atoms with E-state index in [1.165, 1.54) is 0 Å². The van der Waals surface area contributed by atoms with Crippen molar-refractivity contribution in [2.45, 2.75) is 46.8 Å². The van der Waals surface area contributed by atoms with Crippen LogP contribution in [0.2, 0.25) is 0 Å². The van der Waals surface area contributed by atoms with E-state index in [9.17, 15) is 5.11 Å². The third kappa shape index (κ3) is 7.77. The number of nitrogens with zero attached hydrogens (tertiary/aromatic N) is 1. The van der Waals surface area contributed by atoms with Gasteiger partial charge in [-0.05, 0) is 26.7 Å². The van der Waals surface area contributed by atoms with E-state index >= 15 is 0 Å². The molecule has 3 heteroatoms. The van der Waals surface area contributed by atoms with Gasteiger partial charge in [0.15, 0.2) is 0 Å². The second kappa shape index (κ2) is 8.08. The molecule has 0 saturated heterocycles. The van der Waals surface area contributed by atoms with E-state index in [1.807, 2.05) is 6.92 Å². The van der Waals surface area contributed by atoms with Crippen LogP contribution in [0.4, 0.5) is 0 Å². The maximum absolute atomic E-state index is 9.75. The molecule has 0 saturated carbocycles. The highest BCUT2D eigenvalue weighted by molar-refractivity contribution is 4.69. The number of aliphatic hydroxyl groups is 1. The second-order valence-corrected chi connectivity index (χ2v) is 4.75. The fraction of sp³-hybridized carbons (Fsp3) is 1.00. The third-order valence-electron chi connectivity index (χ3n) is 2.29. The van der Waals surface area contributed by atoms with E-state index in [4.69, 9.17) is 4.74 Å². The summed E-state index contributed by atoms with van der Waals surface area (Å²) in [5.41, 5.74) is 0. The Hall–Kier alpha value is -0.120. The van der Waals surface area contributed by atoms with E-state index in [2.05, 4.69) is 32.6 Å². The van der Waals surface area contributed by atoms with Crippen LogP contribution in [0, 0.1) is 5.92 Å². The Bertz CT molecular complexity index is 149. The van der Waals surface area contributed by atoms with Gasteiger partial charge in [-0.3, -0.25) is 4.90 Å². The zero-order chi connectivity index (χ0) is 11.8. The molecule has 92 valence electrons. The predicted octanol–water partition coefficient (Wildman–Crippen LogP) is 1.75. The number of rotatable bonds is 8. The SMILES string of the molecule is CCOCC(O)CN(CC(C)C)C(C)C. The van der Waals surface area contributed by atoms with Crippen LogP contribution < -0.4 is 0 Å². The summed E-state index contributed by atoms with van der Waals surface area (Å²) in [6, 6.07) is 0.476. The summed E-state index contributed by atoms with van der Waals surface area (Å²) in [4.78, 5) is 2.30. The first-order valence-electron chi connectivity index (χ1n) is 5.97. The average molecular weight is 217 g/mol. The smallest absolute Gasteiger partial charge is 0.0900 e. The van der Waals surface area contributed by atoms with Gasteiger partial charge in [-0.15, -0.1) is 0 Å². The van der Waals surface area contributed by atoms with Gasteiger partial charge in [-0.1, -0.05) is 13.8 Å². The van der Waals surface area contributed by atoms with Gasteiger partial charge in [0.2, 0.25) is 0 Å². The van der Waals surface area contributed by atoms with Gasteiger partial charge in [0.25, 0.3) is 0 Å². The van der Waals surface area contributed by atoms with Crippen LogP contribution in [0.5, 0.6) is 0 Å².